The topological polar surface area (TPSA) is 35.2 Å². The van der Waals surface area contributed by atoms with Gasteiger partial charge in [-0.3, -0.25) is 0 Å². The van der Waals surface area contributed by atoms with Crippen molar-refractivity contribution in [1.82, 2.24) is 0 Å². The van der Waals surface area contributed by atoms with Gasteiger partial charge < -0.3 is 10.5 Å². The molecule has 19 heavy (non-hydrogen) atoms. The van der Waals surface area contributed by atoms with Crippen LogP contribution in [0.1, 0.15) is 31.7 Å². The van der Waals surface area contributed by atoms with E-state index in [0.717, 1.165) is 6.42 Å². The van der Waals surface area contributed by atoms with E-state index in [2.05, 4.69) is 13.8 Å². The van der Waals surface area contributed by atoms with Crippen molar-refractivity contribution in [2.24, 2.45) is 0 Å². The van der Waals surface area contributed by atoms with Crippen molar-refractivity contribution in [1.29, 1.82) is 0 Å². The van der Waals surface area contributed by atoms with Gasteiger partial charge >= 0.3 is 0 Å². The summed E-state index contributed by atoms with van der Waals surface area (Å²) in [5, 5.41) is 0. The molecular formula is C16H18FNO. The summed E-state index contributed by atoms with van der Waals surface area (Å²) in [5.74, 6) is 0.870. The van der Waals surface area contributed by atoms with Gasteiger partial charge in [0.1, 0.15) is 5.75 Å². The zero-order valence-electron chi connectivity index (χ0n) is 11.2. The molecule has 1 atom stereocenters. The van der Waals surface area contributed by atoms with Crippen LogP contribution in [0.25, 0.3) is 0 Å². The first kappa shape index (κ1) is 13.4. The van der Waals surface area contributed by atoms with E-state index in [4.69, 9.17) is 10.5 Å². The number of rotatable bonds is 4. The molecule has 2 aromatic carbocycles. The van der Waals surface area contributed by atoms with E-state index in [-0.39, 0.29) is 5.75 Å². The molecule has 100 valence electrons. The minimum Gasteiger partial charge on any atom is -0.454 e. The lowest BCUT2D eigenvalue weighted by Crippen LogP contribution is -1.93. The average molecular weight is 259 g/mol. The smallest absolute Gasteiger partial charge is 0.167 e. The molecule has 2 N–H and O–H groups in total. The highest BCUT2D eigenvalue weighted by Gasteiger charge is 2.06. The third kappa shape index (κ3) is 3.25. The Bertz CT molecular complexity index is 551. The van der Waals surface area contributed by atoms with Gasteiger partial charge in [-0.2, -0.15) is 0 Å². The number of ether oxygens (including phenoxy) is 1. The van der Waals surface area contributed by atoms with E-state index in [1.54, 1.807) is 6.07 Å². The Kier molecular flexibility index (Phi) is 4.05. The molecule has 3 heteroatoms. The lowest BCUT2D eigenvalue weighted by atomic mass is 9.99. The molecule has 0 aromatic heterocycles. The Morgan fingerprint density at radius 2 is 1.84 bits per heavy atom. The molecule has 2 rings (SSSR count). The van der Waals surface area contributed by atoms with Gasteiger partial charge in [-0.1, -0.05) is 26.0 Å². The molecule has 0 heterocycles. The van der Waals surface area contributed by atoms with Gasteiger partial charge in [-0.05, 0) is 42.2 Å². The highest BCUT2D eigenvalue weighted by atomic mass is 19.1. The van der Waals surface area contributed by atoms with E-state index >= 15 is 0 Å². The summed E-state index contributed by atoms with van der Waals surface area (Å²) in [7, 11) is 0. The van der Waals surface area contributed by atoms with Crippen molar-refractivity contribution in [3.05, 3.63) is 53.8 Å². The second kappa shape index (κ2) is 5.74. The van der Waals surface area contributed by atoms with Crippen LogP contribution < -0.4 is 10.5 Å². The summed E-state index contributed by atoms with van der Waals surface area (Å²) in [6.45, 7) is 4.33. The first-order chi connectivity index (χ1) is 9.10. The van der Waals surface area contributed by atoms with Crippen LogP contribution in [0.15, 0.2) is 42.5 Å². The summed E-state index contributed by atoms with van der Waals surface area (Å²) < 4.78 is 19.1. The maximum absolute atomic E-state index is 13.6. The van der Waals surface area contributed by atoms with Crippen molar-refractivity contribution >= 4 is 5.69 Å². The molecule has 0 bridgehead atoms. The zero-order chi connectivity index (χ0) is 13.8. The summed E-state index contributed by atoms with van der Waals surface area (Å²) in [6, 6.07) is 12.1. The van der Waals surface area contributed by atoms with Crippen LogP contribution in [0.2, 0.25) is 0 Å². The Morgan fingerprint density at radius 1 is 1.16 bits per heavy atom. The molecule has 2 aromatic rings. The van der Waals surface area contributed by atoms with E-state index < -0.39 is 5.82 Å². The molecule has 0 aliphatic rings. The SMILES string of the molecule is CC[C@@H](C)c1ccc(Oc2ccc(N)cc2F)cc1. The van der Waals surface area contributed by atoms with Gasteiger partial charge in [0.25, 0.3) is 0 Å². The summed E-state index contributed by atoms with van der Waals surface area (Å²) in [4.78, 5) is 0. The summed E-state index contributed by atoms with van der Waals surface area (Å²) in [6.07, 6.45) is 1.09. The van der Waals surface area contributed by atoms with Crippen molar-refractivity contribution in [2.45, 2.75) is 26.2 Å². The fraction of sp³-hybridized carbons (Fsp3) is 0.250. The third-order valence-electron chi connectivity index (χ3n) is 3.25. The predicted octanol–water partition coefficient (Wildman–Crippen LogP) is 4.71. The van der Waals surface area contributed by atoms with Crippen LogP contribution in [0, 0.1) is 5.82 Å². The maximum atomic E-state index is 13.6. The molecule has 0 radical (unpaired) electrons. The Hall–Kier alpha value is -2.03. The minimum atomic E-state index is -0.453. The Labute approximate surface area is 113 Å². The van der Waals surface area contributed by atoms with Gasteiger partial charge in [0.2, 0.25) is 0 Å². The van der Waals surface area contributed by atoms with Gasteiger partial charge in [0.05, 0.1) is 0 Å². The number of anilines is 1. The van der Waals surface area contributed by atoms with E-state index in [9.17, 15) is 4.39 Å². The fourth-order valence-corrected chi connectivity index (χ4v) is 1.83. The van der Waals surface area contributed by atoms with Gasteiger partial charge in [0, 0.05) is 11.8 Å². The Morgan fingerprint density at radius 3 is 2.42 bits per heavy atom. The molecule has 0 unspecified atom stereocenters. The molecule has 0 saturated heterocycles. The van der Waals surface area contributed by atoms with Crippen molar-refractivity contribution in [2.75, 3.05) is 5.73 Å². The first-order valence-electron chi connectivity index (χ1n) is 6.43. The molecule has 0 aliphatic carbocycles. The highest BCUT2D eigenvalue weighted by molar-refractivity contribution is 5.44. The monoisotopic (exact) mass is 259 g/mol. The number of halogens is 1. The molecule has 0 amide bonds. The van der Waals surface area contributed by atoms with Gasteiger partial charge in [-0.15, -0.1) is 0 Å². The zero-order valence-corrected chi connectivity index (χ0v) is 11.2. The van der Waals surface area contributed by atoms with Crippen LogP contribution in [0.4, 0.5) is 10.1 Å². The van der Waals surface area contributed by atoms with Crippen LogP contribution in [0.3, 0.4) is 0 Å². The quantitative estimate of drug-likeness (QED) is 0.807. The van der Waals surface area contributed by atoms with Crippen molar-refractivity contribution < 1.29 is 9.13 Å². The fourth-order valence-electron chi connectivity index (χ4n) is 1.83. The lowest BCUT2D eigenvalue weighted by molar-refractivity contribution is 0.442. The number of hydrogen-bond donors (Lipinski definition) is 1. The maximum Gasteiger partial charge on any atom is 0.167 e. The standard InChI is InChI=1S/C16H18FNO/c1-3-11(2)12-4-7-14(8-5-12)19-16-9-6-13(18)10-15(16)17/h4-11H,3,18H2,1-2H3/t11-/m1/s1. The van der Waals surface area contributed by atoms with Gasteiger partial charge in [0.15, 0.2) is 11.6 Å². The molecular weight excluding hydrogens is 241 g/mol. The summed E-state index contributed by atoms with van der Waals surface area (Å²) >= 11 is 0. The largest absolute Gasteiger partial charge is 0.454 e. The van der Waals surface area contributed by atoms with Crippen LogP contribution in [-0.4, -0.2) is 0 Å². The highest BCUT2D eigenvalue weighted by Crippen LogP contribution is 2.27. The first-order valence-corrected chi connectivity index (χ1v) is 6.43. The van der Waals surface area contributed by atoms with Crippen molar-refractivity contribution in [3.63, 3.8) is 0 Å². The normalized spacial score (nSPS) is 12.2. The molecule has 0 fully saturated rings. The van der Waals surface area contributed by atoms with Crippen LogP contribution in [-0.2, 0) is 0 Å². The van der Waals surface area contributed by atoms with Crippen LogP contribution >= 0.6 is 0 Å². The summed E-state index contributed by atoms with van der Waals surface area (Å²) in [5.41, 5.74) is 7.14. The molecule has 0 aliphatic heterocycles. The van der Waals surface area contributed by atoms with Crippen LogP contribution in [0.5, 0.6) is 11.5 Å². The lowest BCUT2D eigenvalue weighted by Gasteiger charge is -2.11. The number of benzene rings is 2. The van der Waals surface area contributed by atoms with E-state index in [1.807, 2.05) is 24.3 Å². The number of hydrogen-bond acceptors (Lipinski definition) is 2. The average Bonchev–Trinajstić information content (AvgIpc) is 2.42. The second-order valence-electron chi connectivity index (χ2n) is 4.67. The molecule has 2 nitrogen and oxygen atoms in total. The number of nitrogen functional groups attached to an aromatic ring is 1. The number of nitrogens with two attached hydrogens (primary N) is 1. The molecule has 0 spiro atoms. The Balaban J connectivity index is 2.15. The van der Waals surface area contributed by atoms with Gasteiger partial charge in [-0.25, -0.2) is 4.39 Å². The van der Waals surface area contributed by atoms with E-state index in [0.29, 0.717) is 17.4 Å². The second-order valence-corrected chi connectivity index (χ2v) is 4.67. The predicted molar refractivity (Wildman–Crippen MR) is 76.0 cm³/mol. The van der Waals surface area contributed by atoms with E-state index in [1.165, 1.54) is 17.7 Å². The van der Waals surface area contributed by atoms with Crippen molar-refractivity contribution in [3.8, 4) is 11.5 Å². The minimum absolute atomic E-state index is 0.186. The third-order valence-corrected chi connectivity index (χ3v) is 3.25. The molecule has 0 saturated carbocycles.